The molecule has 2 nitrogen and oxygen atoms in total. The monoisotopic (exact) mass is 197 g/mol. The van der Waals surface area contributed by atoms with E-state index in [0.717, 1.165) is 5.57 Å². The van der Waals surface area contributed by atoms with E-state index >= 15 is 0 Å². The number of aliphatic imine (C=N–C) groups is 1. The van der Waals surface area contributed by atoms with E-state index in [0.29, 0.717) is 5.88 Å². The smallest absolute Gasteiger partial charge is 0.244 e. The fraction of sp³-hybridized carbons (Fsp3) is 0.500. The van der Waals surface area contributed by atoms with Gasteiger partial charge >= 0.3 is 0 Å². The molecule has 74 valence electrons. The molecule has 0 atom stereocenters. The molecule has 0 amide bonds. The van der Waals surface area contributed by atoms with Crippen LogP contribution in [0.1, 0.15) is 13.8 Å². The Morgan fingerprint density at radius 2 is 1.92 bits per heavy atom. The summed E-state index contributed by atoms with van der Waals surface area (Å²) in [7, 11) is -1.54. The number of allylic oxidation sites excluding steroid dienone is 2. The van der Waals surface area contributed by atoms with Crippen LogP contribution in [0, 0.1) is 0 Å². The Labute approximate surface area is 82.2 Å². The Balaban J connectivity index is 4.10. The van der Waals surface area contributed by atoms with E-state index < -0.39 is 8.32 Å². The van der Waals surface area contributed by atoms with Gasteiger partial charge in [0.15, 0.2) is 5.88 Å². The van der Waals surface area contributed by atoms with Gasteiger partial charge in [0.25, 0.3) is 0 Å². The van der Waals surface area contributed by atoms with Crippen molar-refractivity contribution in [2.75, 3.05) is 0 Å². The molecule has 0 aliphatic rings. The van der Waals surface area contributed by atoms with Crippen molar-refractivity contribution in [2.24, 2.45) is 4.99 Å². The molecule has 13 heavy (non-hydrogen) atoms. The molecular formula is C10H19NOSi. The van der Waals surface area contributed by atoms with E-state index in [1.165, 1.54) is 0 Å². The molecular weight excluding hydrogens is 178 g/mol. The van der Waals surface area contributed by atoms with Gasteiger partial charge in [-0.05, 0) is 45.6 Å². The third-order valence-corrected chi connectivity index (χ3v) is 2.14. The zero-order valence-corrected chi connectivity index (χ0v) is 10.2. The van der Waals surface area contributed by atoms with Gasteiger partial charge in [-0.3, -0.25) is 0 Å². The fourth-order valence-electron chi connectivity index (χ4n) is 0.628. The second-order valence-corrected chi connectivity index (χ2v) is 8.33. The summed E-state index contributed by atoms with van der Waals surface area (Å²) in [4.78, 5) is 4.11. The molecule has 3 heteroatoms. The molecule has 0 saturated carbocycles. The highest BCUT2D eigenvalue weighted by atomic mass is 28.4. The largest absolute Gasteiger partial charge is 0.532 e. The van der Waals surface area contributed by atoms with Gasteiger partial charge in [-0.1, -0.05) is 6.08 Å². The number of rotatable bonds is 4. The first-order valence-electron chi connectivity index (χ1n) is 4.40. The van der Waals surface area contributed by atoms with Crippen LogP contribution >= 0.6 is 0 Å². The normalized spacial score (nSPS) is 13.5. The average Bonchev–Trinajstić information content (AvgIpc) is 1.97. The molecule has 0 unspecified atom stereocenters. The van der Waals surface area contributed by atoms with E-state index in [1.54, 1.807) is 6.21 Å². The Morgan fingerprint density at radius 1 is 1.38 bits per heavy atom. The topological polar surface area (TPSA) is 21.6 Å². The standard InChI is InChI=1S/C10H19NOSi/c1-7-9(2)8-11-10(3)12-13(4,5)6/h7-8H,3H2,1-2,4-6H3/b9-7+,11-8+. The highest BCUT2D eigenvalue weighted by molar-refractivity contribution is 6.70. The number of hydrogen-bond acceptors (Lipinski definition) is 2. The molecule has 0 bridgehead atoms. The Kier molecular flexibility index (Phi) is 4.70. The molecule has 0 rings (SSSR count). The summed E-state index contributed by atoms with van der Waals surface area (Å²) < 4.78 is 5.55. The summed E-state index contributed by atoms with van der Waals surface area (Å²) in [6.45, 7) is 14.0. The van der Waals surface area contributed by atoms with Crippen LogP contribution in [0.5, 0.6) is 0 Å². The molecule has 0 aliphatic carbocycles. The zero-order valence-electron chi connectivity index (χ0n) is 9.22. The molecule has 0 N–H and O–H groups in total. The van der Waals surface area contributed by atoms with Crippen LogP contribution in [0.2, 0.25) is 19.6 Å². The minimum atomic E-state index is -1.54. The average molecular weight is 197 g/mol. The Morgan fingerprint density at radius 3 is 2.31 bits per heavy atom. The van der Waals surface area contributed by atoms with E-state index in [1.807, 2.05) is 19.9 Å². The van der Waals surface area contributed by atoms with Crippen LogP contribution in [-0.2, 0) is 4.43 Å². The predicted molar refractivity (Wildman–Crippen MR) is 61.5 cm³/mol. The first-order chi connectivity index (χ1) is 5.85. The van der Waals surface area contributed by atoms with E-state index in [9.17, 15) is 0 Å². The molecule has 0 radical (unpaired) electrons. The van der Waals surface area contributed by atoms with Crippen LogP contribution < -0.4 is 0 Å². The minimum absolute atomic E-state index is 0.514. The third-order valence-electron chi connectivity index (χ3n) is 1.29. The van der Waals surface area contributed by atoms with E-state index in [4.69, 9.17) is 4.43 Å². The molecule has 0 aromatic heterocycles. The van der Waals surface area contributed by atoms with Crippen molar-refractivity contribution in [1.82, 2.24) is 0 Å². The van der Waals surface area contributed by atoms with Gasteiger partial charge in [-0.25, -0.2) is 4.99 Å². The van der Waals surface area contributed by atoms with Crippen LogP contribution in [0.4, 0.5) is 0 Å². The Hall–Kier alpha value is -0.833. The predicted octanol–water partition coefficient (Wildman–Crippen LogP) is 3.35. The summed E-state index contributed by atoms with van der Waals surface area (Å²) in [6, 6.07) is 0. The molecule has 0 aromatic carbocycles. The van der Waals surface area contributed by atoms with Crippen molar-refractivity contribution in [3.8, 4) is 0 Å². The van der Waals surface area contributed by atoms with Gasteiger partial charge in [0, 0.05) is 6.21 Å². The van der Waals surface area contributed by atoms with Crippen molar-refractivity contribution in [3.05, 3.63) is 24.1 Å². The van der Waals surface area contributed by atoms with Crippen molar-refractivity contribution < 1.29 is 4.43 Å². The van der Waals surface area contributed by atoms with E-state index in [-0.39, 0.29) is 0 Å². The van der Waals surface area contributed by atoms with Gasteiger partial charge in [0.1, 0.15) is 0 Å². The quantitative estimate of drug-likeness (QED) is 0.385. The van der Waals surface area contributed by atoms with Gasteiger partial charge in [0.2, 0.25) is 8.32 Å². The summed E-state index contributed by atoms with van der Waals surface area (Å²) in [5, 5.41) is 0. The van der Waals surface area contributed by atoms with Crippen molar-refractivity contribution in [1.29, 1.82) is 0 Å². The molecule has 0 aliphatic heterocycles. The maximum Gasteiger partial charge on any atom is 0.244 e. The minimum Gasteiger partial charge on any atom is -0.532 e. The van der Waals surface area contributed by atoms with Gasteiger partial charge in [-0.15, -0.1) is 0 Å². The highest BCUT2D eigenvalue weighted by Crippen LogP contribution is 2.09. The van der Waals surface area contributed by atoms with Gasteiger partial charge < -0.3 is 4.43 Å². The van der Waals surface area contributed by atoms with Crippen molar-refractivity contribution in [2.45, 2.75) is 33.5 Å². The molecule has 0 spiro atoms. The fourth-order valence-corrected chi connectivity index (χ4v) is 1.39. The second kappa shape index (κ2) is 5.02. The van der Waals surface area contributed by atoms with Crippen LogP contribution in [0.15, 0.2) is 29.1 Å². The van der Waals surface area contributed by atoms with Crippen LogP contribution in [0.25, 0.3) is 0 Å². The van der Waals surface area contributed by atoms with E-state index in [2.05, 4.69) is 31.2 Å². The molecule has 0 saturated heterocycles. The van der Waals surface area contributed by atoms with Gasteiger partial charge in [0.05, 0.1) is 0 Å². The van der Waals surface area contributed by atoms with Crippen LogP contribution in [-0.4, -0.2) is 14.5 Å². The van der Waals surface area contributed by atoms with Gasteiger partial charge in [-0.2, -0.15) is 0 Å². The maximum atomic E-state index is 5.55. The lowest BCUT2D eigenvalue weighted by atomic mass is 10.3. The molecule has 0 heterocycles. The molecule has 0 aromatic rings. The van der Waals surface area contributed by atoms with Crippen LogP contribution in [0.3, 0.4) is 0 Å². The SMILES string of the molecule is C=C(/N=C/C(C)=C/C)O[Si](C)(C)C. The first-order valence-corrected chi connectivity index (χ1v) is 7.81. The number of nitrogens with zero attached hydrogens (tertiary/aromatic N) is 1. The maximum absolute atomic E-state index is 5.55. The number of hydrogen-bond donors (Lipinski definition) is 0. The highest BCUT2D eigenvalue weighted by Gasteiger charge is 2.15. The lowest BCUT2D eigenvalue weighted by Gasteiger charge is -2.17. The van der Waals surface area contributed by atoms with Crippen molar-refractivity contribution >= 4 is 14.5 Å². The summed E-state index contributed by atoms with van der Waals surface area (Å²) in [5.74, 6) is 0.514. The lowest BCUT2D eigenvalue weighted by molar-refractivity contribution is 0.421. The second-order valence-electron chi connectivity index (χ2n) is 3.90. The first kappa shape index (κ1) is 12.2. The Bertz CT molecular complexity index is 236. The lowest BCUT2D eigenvalue weighted by Crippen LogP contribution is -2.24. The zero-order chi connectivity index (χ0) is 10.5. The third kappa shape index (κ3) is 7.53. The summed E-state index contributed by atoms with van der Waals surface area (Å²) in [5.41, 5.74) is 1.11. The summed E-state index contributed by atoms with van der Waals surface area (Å²) >= 11 is 0. The summed E-state index contributed by atoms with van der Waals surface area (Å²) in [6.07, 6.45) is 3.76. The van der Waals surface area contributed by atoms with Crippen molar-refractivity contribution in [3.63, 3.8) is 0 Å². The molecule has 0 fully saturated rings.